The van der Waals surface area contributed by atoms with E-state index in [9.17, 15) is 9.59 Å². The molecule has 0 spiro atoms. The molecule has 0 radical (unpaired) electrons. The van der Waals surface area contributed by atoms with E-state index in [1.54, 1.807) is 0 Å². The summed E-state index contributed by atoms with van der Waals surface area (Å²) in [6, 6.07) is 17.8. The highest BCUT2D eigenvalue weighted by molar-refractivity contribution is 6.08. The van der Waals surface area contributed by atoms with Gasteiger partial charge in [-0.1, -0.05) is 48.5 Å². The monoisotopic (exact) mass is 375 g/mol. The minimum Gasteiger partial charge on any atom is -0.358 e. The fourth-order valence-electron chi connectivity index (χ4n) is 3.98. The molecule has 1 aromatic heterocycles. The van der Waals surface area contributed by atoms with Gasteiger partial charge < -0.3 is 15.2 Å². The summed E-state index contributed by atoms with van der Waals surface area (Å²) in [7, 11) is 0. The zero-order chi connectivity index (χ0) is 19.5. The number of aromatic nitrogens is 1. The standard InChI is InChI=1S/C23H25N3O2/c1-16-21(19-9-5-6-10-20(19)25-16)23(28)26-13-11-18(12-14-26)22(27)24-15-17-7-3-2-4-8-17/h2-10,18,25H,11-15H2,1H3,(H,24,27). The molecule has 0 aliphatic carbocycles. The van der Waals surface area contributed by atoms with E-state index >= 15 is 0 Å². The minimum absolute atomic E-state index is 0.0307. The maximum atomic E-state index is 13.1. The molecule has 1 saturated heterocycles. The topological polar surface area (TPSA) is 65.2 Å². The van der Waals surface area contributed by atoms with Crippen LogP contribution in [0.4, 0.5) is 0 Å². The number of amides is 2. The van der Waals surface area contributed by atoms with Gasteiger partial charge in [0, 0.05) is 42.1 Å². The van der Waals surface area contributed by atoms with Crippen LogP contribution in [0, 0.1) is 12.8 Å². The molecule has 4 rings (SSSR count). The highest BCUT2D eigenvalue weighted by Gasteiger charge is 2.29. The van der Waals surface area contributed by atoms with Crippen molar-refractivity contribution in [2.45, 2.75) is 26.3 Å². The van der Waals surface area contributed by atoms with Crippen molar-refractivity contribution in [2.24, 2.45) is 5.92 Å². The third-order valence-electron chi connectivity index (χ3n) is 5.57. The molecule has 2 N–H and O–H groups in total. The average Bonchev–Trinajstić information content (AvgIpc) is 3.08. The largest absolute Gasteiger partial charge is 0.358 e. The smallest absolute Gasteiger partial charge is 0.256 e. The van der Waals surface area contributed by atoms with Gasteiger partial charge >= 0.3 is 0 Å². The van der Waals surface area contributed by atoms with Crippen LogP contribution in [0.2, 0.25) is 0 Å². The Balaban J connectivity index is 1.36. The maximum Gasteiger partial charge on any atom is 0.256 e. The van der Waals surface area contributed by atoms with Gasteiger partial charge in [-0.05, 0) is 31.4 Å². The van der Waals surface area contributed by atoms with E-state index < -0.39 is 0 Å². The number of likely N-dealkylation sites (tertiary alicyclic amines) is 1. The van der Waals surface area contributed by atoms with Crippen molar-refractivity contribution in [3.05, 3.63) is 71.4 Å². The van der Waals surface area contributed by atoms with E-state index in [-0.39, 0.29) is 17.7 Å². The van der Waals surface area contributed by atoms with Crippen LogP contribution in [-0.2, 0) is 11.3 Å². The van der Waals surface area contributed by atoms with Crippen molar-refractivity contribution >= 4 is 22.7 Å². The molecule has 5 nitrogen and oxygen atoms in total. The van der Waals surface area contributed by atoms with Crippen molar-refractivity contribution < 1.29 is 9.59 Å². The third-order valence-corrected chi connectivity index (χ3v) is 5.57. The Morgan fingerprint density at radius 2 is 1.71 bits per heavy atom. The van der Waals surface area contributed by atoms with E-state index in [2.05, 4.69) is 10.3 Å². The first-order chi connectivity index (χ1) is 13.6. The Kier molecular flexibility index (Phi) is 5.15. The summed E-state index contributed by atoms with van der Waals surface area (Å²) in [6.07, 6.45) is 1.40. The number of benzene rings is 2. The van der Waals surface area contributed by atoms with Crippen LogP contribution in [0.1, 0.15) is 34.5 Å². The van der Waals surface area contributed by atoms with Crippen molar-refractivity contribution in [3.8, 4) is 0 Å². The van der Waals surface area contributed by atoms with Gasteiger partial charge in [-0.25, -0.2) is 0 Å². The number of piperidine rings is 1. The quantitative estimate of drug-likeness (QED) is 0.731. The predicted molar refractivity (Wildman–Crippen MR) is 110 cm³/mol. The molecule has 2 heterocycles. The molecule has 0 atom stereocenters. The number of carbonyl (C=O) groups is 2. The normalized spacial score (nSPS) is 15.0. The Bertz CT molecular complexity index is 986. The molecule has 5 heteroatoms. The van der Waals surface area contributed by atoms with Crippen molar-refractivity contribution in [3.63, 3.8) is 0 Å². The summed E-state index contributed by atoms with van der Waals surface area (Å²) in [5, 5.41) is 3.99. The number of hydrogen-bond donors (Lipinski definition) is 2. The third kappa shape index (κ3) is 3.65. The van der Waals surface area contributed by atoms with E-state index in [0.717, 1.165) is 27.7 Å². The van der Waals surface area contributed by atoms with E-state index in [1.807, 2.05) is 66.4 Å². The Morgan fingerprint density at radius 1 is 1.04 bits per heavy atom. The van der Waals surface area contributed by atoms with Gasteiger partial charge in [-0.15, -0.1) is 0 Å². The lowest BCUT2D eigenvalue weighted by molar-refractivity contribution is -0.126. The second-order valence-corrected chi connectivity index (χ2v) is 7.44. The second-order valence-electron chi connectivity index (χ2n) is 7.44. The zero-order valence-corrected chi connectivity index (χ0v) is 16.1. The number of aryl methyl sites for hydroxylation is 1. The van der Waals surface area contributed by atoms with Gasteiger partial charge in [0.05, 0.1) is 5.56 Å². The van der Waals surface area contributed by atoms with E-state index in [1.165, 1.54) is 0 Å². The number of H-pyrrole nitrogens is 1. The Morgan fingerprint density at radius 3 is 2.46 bits per heavy atom. The first-order valence-corrected chi connectivity index (χ1v) is 9.81. The average molecular weight is 375 g/mol. The molecule has 144 valence electrons. The number of aromatic amines is 1. The van der Waals surface area contributed by atoms with Gasteiger partial charge in [-0.3, -0.25) is 9.59 Å². The van der Waals surface area contributed by atoms with Crippen LogP contribution in [-0.4, -0.2) is 34.8 Å². The lowest BCUT2D eigenvalue weighted by Crippen LogP contribution is -2.43. The fraction of sp³-hybridized carbons (Fsp3) is 0.304. The highest BCUT2D eigenvalue weighted by atomic mass is 16.2. The summed E-state index contributed by atoms with van der Waals surface area (Å²) < 4.78 is 0. The van der Waals surface area contributed by atoms with Crippen LogP contribution >= 0.6 is 0 Å². The molecule has 3 aromatic rings. The second kappa shape index (κ2) is 7.89. The summed E-state index contributed by atoms with van der Waals surface area (Å²) in [5.74, 6) is 0.106. The molecule has 28 heavy (non-hydrogen) atoms. The fourth-order valence-corrected chi connectivity index (χ4v) is 3.98. The number of nitrogens with one attached hydrogen (secondary N) is 2. The van der Waals surface area contributed by atoms with Crippen LogP contribution in [0.3, 0.4) is 0 Å². The molecule has 1 aliphatic rings. The van der Waals surface area contributed by atoms with E-state index in [0.29, 0.717) is 32.5 Å². The predicted octanol–water partition coefficient (Wildman–Crippen LogP) is 3.64. The summed E-state index contributed by atoms with van der Waals surface area (Å²) in [5.41, 5.74) is 3.73. The number of hydrogen-bond acceptors (Lipinski definition) is 2. The van der Waals surface area contributed by atoms with Crippen LogP contribution in [0.25, 0.3) is 10.9 Å². The van der Waals surface area contributed by atoms with Crippen molar-refractivity contribution in [1.29, 1.82) is 0 Å². The maximum absolute atomic E-state index is 13.1. The zero-order valence-electron chi connectivity index (χ0n) is 16.1. The van der Waals surface area contributed by atoms with Crippen LogP contribution in [0.15, 0.2) is 54.6 Å². The summed E-state index contributed by atoms with van der Waals surface area (Å²) in [6.45, 7) is 3.72. The first-order valence-electron chi connectivity index (χ1n) is 9.81. The van der Waals surface area contributed by atoms with E-state index in [4.69, 9.17) is 0 Å². The molecule has 2 amide bonds. The number of carbonyl (C=O) groups excluding carboxylic acids is 2. The van der Waals surface area contributed by atoms with Gasteiger partial charge in [-0.2, -0.15) is 0 Å². The SMILES string of the molecule is Cc1[nH]c2ccccc2c1C(=O)N1CCC(C(=O)NCc2ccccc2)CC1. The number of para-hydroxylation sites is 1. The highest BCUT2D eigenvalue weighted by Crippen LogP contribution is 2.26. The molecule has 0 unspecified atom stereocenters. The molecule has 1 fully saturated rings. The van der Waals surface area contributed by atoms with Gasteiger partial charge in [0.1, 0.15) is 0 Å². The van der Waals surface area contributed by atoms with Crippen LogP contribution < -0.4 is 5.32 Å². The van der Waals surface area contributed by atoms with Crippen molar-refractivity contribution in [1.82, 2.24) is 15.2 Å². The molecule has 0 saturated carbocycles. The first kappa shape index (κ1) is 18.3. The molecular weight excluding hydrogens is 350 g/mol. The van der Waals surface area contributed by atoms with Crippen molar-refractivity contribution in [2.75, 3.05) is 13.1 Å². The van der Waals surface area contributed by atoms with Gasteiger partial charge in [0.15, 0.2) is 0 Å². The summed E-state index contributed by atoms with van der Waals surface area (Å²) >= 11 is 0. The Hall–Kier alpha value is -3.08. The lowest BCUT2D eigenvalue weighted by Gasteiger charge is -2.31. The number of nitrogens with zero attached hydrogens (tertiary/aromatic N) is 1. The molecule has 0 bridgehead atoms. The van der Waals surface area contributed by atoms with Gasteiger partial charge in [0.2, 0.25) is 5.91 Å². The molecule has 2 aromatic carbocycles. The lowest BCUT2D eigenvalue weighted by atomic mass is 9.95. The van der Waals surface area contributed by atoms with Gasteiger partial charge in [0.25, 0.3) is 5.91 Å². The summed E-state index contributed by atoms with van der Waals surface area (Å²) in [4.78, 5) is 30.7. The number of fused-ring (bicyclic) bond motifs is 1. The van der Waals surface area contributed by atoms with Crippen LogP contribution in [0.5, 0.6) is 0 Å². The minimum atomic E-state index is -0.0307. The Labute approximate surface area is 164 Å². The molecular formula is C23H25N3O2. The molecule has 1 aliphatic heterocycles. The number of rotatable bonds is 4.